The van der Waals surface area contributed by atoms with Gasteiger partial charge in [0.25, 0.3) is 0 Å². The fraction of sp³-hybridized carbons (Fsp3) is 0.714. The fourth-order valence-corrected chi connectivity index (χ4v) is 2.33. The highest BCUT2D eigenvalue weighted by molar-refractivity contribution is 5.87. The molecule has 112 valence electrons. The standard InChI is InChI=1S/C14H22N2O4/c1-9(17)7-15-13(19)11-3-5-12(6-4-11)14(20)16-8-10(2)18/h11-12H,3-8H2,1-2H3,(H,15,19)(H,16,20). The summed E-state index contributed by atoms with van der Waals surface area (Å²) in [4.78, 5) is 45.2. The third kappa shape index (κ3) is 5.50. The third-order valence-corrected chi connectivity index (χ3v) is 3.49. The predicted octanol–water partition coefficient (Wildman–Crippen LogP) is 0.203. The van der Waals surface area contributed by atoms with E-state index in [1.807, 2.05) is 0 Å². The number of Topliss-reactive ketones (excluding diaryl/α,β-unsaturated/α-hetero) is 2. The number of hydrogen-bond acceptors (Lipinski definition) is 4. The second-order valence-corrected chi connectivity index (χ2v) is 5.39. The van der Waals surface area contributed by atoms with Gasteiger partial charge in [-0.05, 0) is 39.5 Å². The zero-order chi connectivity index (χ0) is 15.1. The summed E-state index contributed by atoms with van der Waals surface area (Å²) in [7, 11) is 0. The number of nitrogens with one attached hydrogen (secondary N) is 2. The maximum absolute atomic E-state index is 11.8. The molecule has 0 atom stereocenters. The highest BCUT2D eigenvalue weighted by Crippen LogP contribution is 2.28. The van der Waals surface area contributed by atoms with Crippen molar-refractivity contribution in [2.45, 2.75) is 39.5 Å². The van der Waals surface area contributed by atoms with Crippen LogP contribution in [0.1, 0.15) is 39.5 Å². The first-order valence-electron chi connectivity index (χ1n) is 6.94. The van der Waals surface area contributed by atoms with Gasteiger partial charge >= 0.3 is 0 Å². The van der Waals surface area contributed by atoms with Crippen molar-refractivity contribution in [3.8, 4) is 0 Å². The molecule has 0 aromatic carbocycles. The van der Waals surface area contributed by atoms with Crippen LogP contribution in [0.3, 0.4) is 0 Å². The Labute approximate surface area is 118 Å². The lowest BCUT2D eigenvalue weighted by molar-refractivity contribution is -0.131. The van der Waals surface area contributed by atoms with Crippen LogP contribution in [-0.4, -0.2) is 36.5 Å². The van der Waals surface area contributed by atoms with Gasteiger partial charge in [-0.15, -0.1) is 0 Å². The molecule has 0 aliphatic heterocycles. The molecule has 0 unspecified atom stereocenters. The zero-order valence-corrected chi connectivity index (χ0v) is 12.0. The van der Waals surface area contributed by atoms with Crippen LogP contribution in [0.4, 0.5) is 0 Å². The zero-order valence-electron chi connectivity index (χ0n) is 12.0. The lowest BCUT2D eigenvalue weighted by Crippen LogP contribution is -2.39. The Balaban J connectivity index is 2.32. The van der Waals surface area contributed by atoms with E-state index in [2.05, 4.69) is 10.6 Å². The lowest BCUT2D eigenvalue weighted by atomic mass is 9.81. The normalized spacial score (nSPS) is 21.9. The average molecular weight is 282 g/mol. The van der Waals surface area contributed by atoms with Crippen LogP contribution in [0.2, 0.25) is 0 Å². The fourth-order valence-electron chi connectivity index (χ4n) is 2.33. The van der Waals surface area contributed by atoms with E-state index in [4.69, 9.17) is 0 Å². The molecule has 2 N–H and O–H groups in total. The summed E-state index contributed by atoms with van der Waals surface area (Å²) in [5, 5.41) is 5.20. The van der Waals surface area contributed by atoms with Crippen molar-refractivity contribution in [3.63, 3.8) is 0 Å². The van der Waals surface area contributed by atoms with E-state index >= 15 is 0 Å². The van der Waals surface area contributed by atoms with Crippen molar-refractivity contribution in [1.29, 1.82) is 0 Å². The molecule has 0 heterocycles. The van der Waals surface area contributed by atoms with E-state index in [1.165, 1.54) is 13.8 Å². The van der Waals surface area contributed by atoms with Crippen LogP contribution in [0.5, 0.6) is 0 Å². The van der Waals surface area contributed by atoms with Crippen molar-refractivity contribution in [2.75, 3.05) is 13.1 Å². The Bertz CT molecular complexity index is 360. The summed E-state index contributed by atoms with van der Waals surface area (Å²) in [6.45, 7) is 2.99. The molecule has 0 bridgehead atoms. The maximum Gasteiger partial charge on any atom is 0.223 e. The molecule has 0 aromatic rings. The second-order valence-electron chi connectivity index (χ2n) is 5.39. The Morgan fingerprint density at radius 3 is 1.30 bits per heavy atom. The Hall–Kier alpha value is -1.72. The summed E-state index contributed by atoms with van der Waals surface area (Å²) in [6, 6.07) is 0. The quantitative estimate of drug-likeness (QED) is 0.728. The Morgan fingerprint density at radius 1 is 0.750 bits per heavy atom. The van der Waals surface area contributed by atoms with Crippen LogP contribution in [0.25, 0.3) is 0 Å². The molecule has 2 amide bonds. The third-order valence-electron chi connectivity index (χ3n) is 3.49. The molecular weight excluding hydrogens is 260 g/mol. The Morgan fingerprint density at radius 2 is 1.05 bits per heavy atom. The number of amides is 2. The van der Waals surface area contributed by atoms with Gasteiger partial charge in [-0.25, -0.2) is 0 Å². The highest BCUT2D eigenvalue weighted by atomic mass is 16.2. The second kappa shape index (κ2) is 7.77. The van der Waals surface area contributed by atoms with E-state index in [0.29, 0.717) is 25.7 Å². The first-order chi connectivity index (χ1) is 9.40. The SMILES string of the molecule is CC(=O)CNC(=O)C1CCC(C(=O)NCC(C)=O)CC1. The van der Waals surface area contributed by atoms with Crippen molar-refractivity contribution in [3.05, 3.63) is 0 Å². The van der Waals surface area contributed by atoms with Crippen molar-refractivity contribution in [2.24, 2.45) is 11.8 Å². The first kappa shape index (κ1) is 16.3. The highest BCUT2D eigenvalue weighted by Gasteiger charge is 2.29. The summed E-state index contributed by atoms with van der Waals surface area (Å²) in [6.07, 6.45) is 2.56. The number of carbonyl (C=O) groups excluding carboxylic acids is 4. The van der Waals surface area contributed by atoms with Crippen LogP contribution < -0.4 is 10.6 Å². The molecule has 0 radical (unpaired) electrons. The van der Waals surface area contributed by atoms with Gasteiger partial charge in [-0.3, -0.25) is 19.2 Å². The molecule has 6 nitrogen and oxygen atoms in total. The van der Waals surface area contributed by atoms with Crippen LogP contribution >= 0.6 is 0 Å². The summed E-state index contributed by atoms with van der Waals surface area (Å²) in [5.74, 6) is -0.603. The summed E-state index contributed by atoms with van der Waals surface area (Å²) in [5.41, 5.74) is 0. The van der Waals surface area contributed by atoms with Gasteiger partial charge in [-0.2, -0.15) is 0 Å². The van der Waals surface area contributed by atoms with E-state index in [9.17, 15) is 19.2 Å². The van der Waals surface area contributed by atoms with E-state index in [1.54, 1.807) is 0 Å². The molecule has 1 rings (SSSR count). The molecule has 1 fully saturated rings. The molecular formula is C14H22N2O4. The predicted molar refractivity (Wildman–Crippen MR) is 72.8 cm³/mol. The van der Waals surface area contributed by atoms with Gasteiger partial charge in [0.05, 0.1) is 13.1 Å². The van der Waals surface area contributed by atoms with Gasteiger partial charge in [0.15, 0.2) is 0 Å². The molecule has 1 saturated carbocycles. The Kier molecular flexibility index (Phi) is 6.35. The topological polar surface area (TPSA) is 92.3 Å². The monoisotopic (exact) mass is 282 g/mol. The number of ketones is 2. The molecule has 0 spiro atoms. The van der Waals surface area contributed by atoms with Gasteiger partial charge in [-0.1, -0.05) is 0 Å². The van der Waals surface area contributed by atoms with Crippen LogP contribution in [0.15, 0.2) is 0 Å². The number of hydrogen-bond donors (Lipinski definition) is 2. The lowest BCUT2D eigenvalue weighted by Gasteiger charge is -2.26. The van der Waals surface area contributed by atoms with Crippen molar-refractivity contribution >= 4 is 23.4 Å². The van der Waals surface area contributed by atoms with E-state index in [0.717, 1.165) is 0 Å². The van der Waals surface area contributed by atoms with E-state index in [-0.39, 0.29) is 48.3 Å². The number of rotatable bonds is 6. The maximum atomic E-state index is 11.8. The largest absolute Gasteiger partial charge is 0.349 e. The smallest absolute Gasteiger partial charge is 0.223 e. The minimum absolute atomic E-state index is 0.0673. The summed E-state index contributed by atoms with van der Waals surface area (Å²) >= 11 is 0. The van der Waals surface area contributed by atoms with Crippen molar-refractivity contribution < 1.29 is 19.2 Å². The molecule has 1 aliphatic carbocycles. The van der Waals surface area contributed by atoms with Gasteiger partial charge in [0.1, 0.15) is 11.6 Å². The van der Waals surface area contributed by atoms with Crippen LogP contribution in [0, 0.1) is 11.8 Å². The molecule has 1 aliphatic rings. The summed E-state index contributed by atoms with van der Waals surface area (Å²) < 4.78 is 0. The van der Waals surface area contributed by atoms with Gasteiger partial charge in [0, 0.05) is 11.8 Å². The van der Waals surface area contributed by atoms with E-state index < -0.39 is 0 Å². The van der Waals surface area contributed by atoms with Crippen LogP contribution in [-0.2, 0) is 19.2 Å². The molecule has 0 saturated heterocycles. The molecule has 6 heteroatoms. The number of carbonyl (C=O) groups is 4. The van der Waals surface area contributed by atoms with Gasteiger partial charge < -0.3 is 10.6 Å². The molecule has 20 heavy (non-hydrogen) atoms. The van der Waals surface area contributed by atoms with Crippen molar-refractivity contribution in [1.82, 2.24) is 10.6 Å². The first-order valence-corrected chi connectivity index (χ1v) is 6.94. The minimum Gasteiger partial charge on any atom is -0.349 e. The molecule has 0 aromatic heterocycles. The van der Waals surface area contributed by atoms with Gasteiger partial charge in [0.2, 0.25) is 11.8 Å². The minimum atomic E-state index is -0.119. The average Bonchev–Trinajstić information content (AvgIpc) is 2.42.